The molecule has 0 radical (unpaired) electrons. The summed E-state index contributed by atoms with van der Waals surface area (Å²) in [5, 5.41) is 11.1. The van der Waals surface area contributed by atoms with Crippen molar-refractivity contribution in [2.24, 2.45) is 0 Å². The Labute approximate surface area is 89.9 Å². The van der Waals surface area contributed by atoms with Gasteiger partial charge in [-0.05, 0) is 35.6 Å². The summed E-state index contributed by atoms with van der Waals surface area (Å²) in [6.45, 7) is 2.14. The van der Waals surface area contributed by atoms with Gasteiger partial charge in [0, 0.05) is 11.7 Å². The standard InChI is InChI=1S/C13H17NO/c1-2-3-4-13(15)11-5-6-12-10(9-11)7-8-14-12/h5-9,13-15H,2-4H2,1H3. The first-order chi connectivity index (χ1) is 7.31. The fourth-order valence-electron chi connectivity index (χ4n) is 1.84. The van der Waals surface area contributed by atoms with Crippen LogP contribution in [0.5, 0.6) is 0 Å². The lowest BCUT2D eigenvalue weighted by molar-refractivity contribution is 0.164. The summed E-state index contributed by atoms with van der Waals surface area (Å²) in [6, 6.07) is 8.12. The average molecular weight is 203 g/mol. The molecule has 2 aromatic rings. The normalized spacial score (nSPS) is 13.2. The second kappa shape index (κ2) is 4.49. The van der Waals surface area contributed by atoms with Gasteiger partial charge in [-0.2, -0.15) is 0 Å². The van der Waals surface area contributed by atoms with Crippen molar-refractivity contribution in [2.45, 2.75) is 32.3 Å². The molecular weight excluding hydrogens is 186 g/mol. The molecule has 1 aromatic carbocycles. The molecule has 0 amide bonds. The van der Waals surface area contributed by atoms with Crippen molar-refractivity contribution in [3.63, 3.8) is 0 Å². The molecule has 0 saturated heterocycles. The predicted octanol–water partition coefficient (Wildman–Crippen LogP) is 3.39. The van der Waals surface area contributed by atoms with Crippen LogP contribution in [0.4, 0.5) is 0 Å². The van der Waals surface area contributed by atoms with E-state index in [1.54, 1.807) is 0 Å². The van der Waals surface area contributed by atoms with Gasteiger partial charge in [0.15, 0.2) is 0 Å². The highest BCUT2D eigenvalue weighted by atomic mass is 16.3. The molecule has 80 valence electrons. The van der Waals surface area contributed by atoms with Crippen molar-refractivity contribution in [1.29, 1.82) is 0 Å². The molecule has 0 aliphatic heterocycles. The zero-order valence-corrected chi connectivity index (χ0v) is 9.03. The second-order valence-electron chi connectivity index (χ2n) is 3.98. The van der Waals surface area contributed by atoms with Crippen LogP contribution in [0.1, 0.15) is 37.9 Å². The number of benzene rings is 1. The molecule has 2 rings (SSSR count). The third-order valence-corrected chi connectivity index (χ3v) is 2.79. The number of unbranched alkanes of at least 4 members (excludes halogenated alkanes) is 1. The van der Waals surface area contributed by atoms with Gasteiger partial charge in [0.25, 0.3) is 0 Å². The highest BCUT2D eigenvalue weighted by Gasteiger charge is 2.07. The highest BCUT2D eigenvalue weighted by molar-refractivity contribution is 5.79. The van der Waals surface area contributed by atoms with Crippen LogP contribution in [-0.4, -0.2) is 10.1 Å². The summed E-state index contributed by atoms with van der Waals surface area (Å²) in [5.74, 6) is 0. The molecule has 1 atom stereocenters. The van der Waals surface area contributed by atoms with E-state index in [4.69, 9.17) is 0 Å². The SMILES string of the molecule is CCCCC(O)c1ccc2[nH]ccc2c1. The van der Waals surface area contributed by atoms with Crippen LogP contribution in [0.15, 0.2) is 30.5 Å². The van der Waals surface area contributed by atoms with Crippen LogP contribution in [0.25, 0.3) is 10.9 Å². The Balaban J connectivity index is 2.19. The number of fused-ring (bicyclic) bond motifs is 1. The van der Waals surface area contributed by atoms with E-state index in [2.05, 4.69) is 18.0 Å². The van der Waals surface area contributed by atoms with Gasteiger partial charge >= 0.3 is 0 Å². The molecule has 0 bridgehead atoms. The number of nitrogens with one attached hydrogen (secondary N) is 1. The Kier molecular flexibility index (Phi) is 3.07. The van der Waals surface area contributed by atoms with E-state index in [1.165, 1.54) is 5.39 Å². The summed E-state index contributed by atoms with van der Waals surface area (Å²) < 4.78 is 0. The van der Waals surface area contributed by atoms with Crippen LogP contribution in [0.2, 0.25) is 0 Å². The molecule has 0 spiro atoms. The van der Waals surface area contributed by atoms with Crippen molar-refractivity contribution in [1.82, 2.24) is 4.98 Å². The van der Waals surface area contributed by atoms with Gasteiger partial charge in [0.05, 0.1) is 6.10 Å². The van der Waals surface area contributed by atoms with E-state index in [9.17, 15) is 5.11 Å². The zero-order valence-electron chi connectivity index (χ0n) is 9.03. The number of aromatic nitrogens is 1. The van der Waals surface area contributed by atoms with Gasteiger partial charge in [-0.1, -0.05) is 25.8 Å². The summed E-state index contributed by atoms with van der Waals surface area (Å²) in [5.41, 5.74) is 2.15. The lowest BCUT2D eigenvalue weighted by Gasteiger charge is -2.10. The number of aromatic amines is 1. The minimum absolute atomic E-state index is 0.316. The maximum Gasteiger partial charge on any atom is 0.0790 e. The fourth-order valence-corrected chi connectivity index (χ4v) is 1.84. The first-order valence-electron chi connectivity index (χ1n) is 5.56. The third kappa shape index (κ3) is 2.21. The van der Waals surface area contributed by atoms with E-state index in [0.717, 1.165) is 30.3 Å². The lowest BCUT2D eigenvalue weighted by Crippen LogP contribution is -1.96. The van der Waals surface area contributed by atoms with Gasteiger partial charge in [0.2, 0.25) is 0 Å². The molecule has 0 saturated carbocycles. The van der Waals surface area contributed by atoms with Crippen molar-refractivity contribution >= 4 is 10.9 Å². The van der Waals surface area contributed by atoms with Crippen LogP contribution in [0, 0.1) is 0 Å². The van der Waals surface area contributed by atoms with Gasteiger partial charge in [-0.3, -0.25) is 0 Å². The van der Waals surface area contributed by atoms with E-state index in [1.807, 2.05) is 24.4 Å². The minimum Gasteiger partial charge on any atom is -0.388 e. The maximum atomic E-state index is 9.94. The Bertz CT molecular complexity index is 433. The van der Waals surface area contributed by atoms with Crippen molar-refractivity contribution in [3.05, 3.63) is 36.0 Å². The second-order valence-corrected chi connectivity index (χ2v) is 3.98. The number of hydrogen-bond donors (Lipinski definition) is 2. The molecule has 0 aliphatic carbocycles. The smallest absolute Gasteiger partial charge is 0.0790 e. The first-order valence-corrected chi connectivity index (χ1v) is 5.56. The Morgan fingerprint density at radius 1 is 1.33 bits per heavy atom. The minimum atomic E-state index is -0.316. The molecule has 2 nitrogen and oxygen atoms in total. The van der Waals surface area contributed by atoms with E-state index >= 15 is 0 Å². The quantitative estimate of drug-likeness (QED) is 0.785. The lowest BCUT2D eigenvalue weighted by atomic mass is 10.0. The number of rotatable bonds is 4. The summed E-state index contributed by atoms with van der Waals surface area (Å²) in [4.78, 5) is 3.15. The Morgan fingerprint density at radius 2 is 2.20 bits per heavy atom. The molecule has 1 aromatic heterocycles. The van der Waals surface area contributed by atoms with E-state index in [-0.39, 0.29) is 6.10 Å². The molecule has 15 heavy (non-hydrogen) atoms. The van der Waals surface area contributed by atoms with Gasteiger partial charge < -0.3 is 10.1 Å². The Morgan fingerprint density at radius 3 is 3.00 bits per heavy atom. The van der Waals surface area contributed by atoms with Gasteiger partial charge in [-0.25, -0.2) is 0 Å². The van der Waals surface area contributed by atoms with Crippen molar-refractivity contribution < 1.29 is 5.11 Å². The van der Waals surface area contributed by atoms with Crippen LogP contribution >= 0.6 is 0 Å². The van der Waals surface area contributed by atoms with Gasteiger partial charge in [-0.15, -0.1) is 0 Å². The molecule has 2 N–H and O–H groups in total. The third-order valence-electron chi connectivity index (χ3n) is 2.79. The van der Waals surface area contributed by atoms with Crippen molar-refractivity contribution in [3.8, 4) is 0 Å². The molecule has 1 unspecified atom stereocenters. The topological polar surface area (TPSA) is 36.0 Å². The number of aliphatic hydroxyl groups excluding tert-OH is 1. The number of hydrogen-bond acceptors (Lipinski definition) is 1. The molecular formula is C13H17NO. The van der Waals surface area contributed by atoms with Crippen LogP contribution in [0.3, 0.4) is 0 Å². The van der Waals surface area contributed by atoms with E-state index < -0.39 is 0 Å². The van der Waals surface area contributed by atoms with Crippen LogP contribution < -0.4 is 0 Å². The maximum absolute atomic E-state index is 9.94. The van der Waals surface area contributed by atoms with Crippen LogP contribution in [-0.2, 0) is 0 Å². The highest BCUT2D eigenvalue weighted by Crippen LogP contribution is 2.23. The zero-order chi connectivity index (χ0) is 10.7. The molecule has 2 heteroatoms. The van der Waals surface area contributed by atoms with Crippen molar-refractivity contribution in [2.75, 3.05) is 0 Å². The largest absolute Gasteiger partial charge is 0.388 e. The predicted molar refractivity (Wildman–Crippen MR) is 62.8 cm³/mol. The molecule has 0 fully saturated rings. The first kappa shape index (κ1) is 10.2. The van der Waals surface area contributed by atoms with E-state index in [0.29, 0.717) is 0 Å². The molecule has 0 aliphatic rings. The van der Waals surface area contributed by atoms with Gasteiger partial charge in [0.1, 0.15) is 0 Å². The summed E-state index contributed by atoms with van der Waals surface area (Å²) in [6.07, 6.45) is 4.67. The summed E-state index contributed by atoms with van der Waals surface area (Å²) >= 11 is 0. The average Bonchev–Trinajstić information content (AvgIpc) is 2.72. The molecule has 1 heterocycles. The number of aliphatic hydroxyl groups is 1. The fraction of sp³-hybridized carbons (Fsp3) is 0.385. The number of H-pyrrole nitrogens is 1. The Hall–Kier alpha value is -1.28. The monoisotopic (exact) mass is 203 g/mol. The summed E-state index contributed by atoms with van der Waals surface area (Å²) in [7, 11) is 0.